The molecule has 0 fully saturated rings. The van der Waals surface area contributed by atoms with Crippen molar-refractivity contribution in [1.29, 1.82) is 0 Å². The number of nitrogen functional groups attached to an aromatic ring is 1. The molecular formula is C9H8F3NO2. The number of alkyl halides is 3. The first-order valence-electron chi connectivity index (χ1n) is 4.18. The summed E-state index contributed by atoms with van der Waals surface area (Å²) in [5.41, 5.74) is 6.40. The maximum Gasteiger partial charge on any atom is 0.468 e. The molecule has 0 bridgehead atoms. The Bertz CT molecular complexity index is 409. The summed E-state index contributed by atoms with van der Waals surface area (Å²) in [7, 11) is 0. The Balaban J connectivity index is 2.46. The van der Waals surface area contributed by atoms with Gasteiger partial charge in [-0.3, -0.25) is 0 Å². The van der Waals surface area contributed by atoms with Gasteiger partial charge in [0, 0.05) is 11.8 Å². The molecule has 0 aromatic heterocycles. The third kappa shape index (κ3) is 1.55. The minimum atomic E-state index is -3.96. The molecule has 0 spiro atoms. The van der Waals surface area contributed by atoms with Gasteiger partial charge in [0.05, 0.1) is 0 Å². The van der Waals surface area contributed by atoms with Crippen LogP contribution >= 0.6 is 0 Å². The molecule has 1 aliphatic heterocycles. The van der Waals surface area contributed by atoms with E-state index in [2.05, 4.69) is 9.47 Å². The summed E-state index contributed by atoms with van der Waals surface area (Å²) in [5, 5.41) is 0. The van der Waals surface area contributed by atoms with E-state index in [-0.39, 0.29) is 11.5 Å². The number of fused-ring (bicyclic) bond motifs is 1. The minimum Gasteiger partial charge on any atom is -0.447 e. The van der Waals surface area contributed by atoms with Crippen molar-refractivity contribution in [2.75, 3.05) is 5.73 Å². The van der Waals surface area contributed by atoms with Crippen molar-refractivity contribution in [3.8, 4) is 11.5 Å². The zero-order valence-electron chi connectivity index (χ0n) is 7.76. The van der Waals surface area contributed by atoms with Crippen LogP contribution in [0.5, 0.6) is 11.5 Å². The number of hydrogen-bond donors (Lipinski definition) is 1. The quantitative estimate of drug-likeness (QED) is 0.680. The zero-order chi connectivity index (χ0) is 11.2. The molecule has 1 aromatic carbocycles. The van der Waals surface area contributed by atoms with E-state index in [0.717, 1.165) is 0 Å². The van der Waals surface area contributed by atoms with Gasteiger partial charge < -0.3 is 15.2 Å². The molecule has 1 aromatic rings. The Morgan fingerprint density at radius 1 is 1.33 bits per heavy atom. The van der Waals surface area contributed by atoms with E-state index in [1.165, 1.54) is 12.1 Å². The van der Waals surface area contributed by atoms with Crippen molar-refractivity contribution in [2.45, 2.75) is 19.4 Å². The first-order chi connectivity index (χ1) is 6.90. The summed E-state index contributed by atoms with van der Waals surface area (Å²) >= 11 is 0. The number of hydrogen-bond acceptors (Lipinski definition) is 3. The van der Waals surface area contributed by atoms with Crippen LogP contribution in [0.2, 0.25) is 0 Å². The Morgan fingerprint density at radius 3 is 2.67 bits per heavy atom. The molecule has 1 heterocycles. The van der Waals surface area contributed by atoms with E-state index in [1.807, 2.05) is 0 Å². The van der Waals surface area contributed by atoms with Gasteiger partial charge >= 0.3 is 12.5 Å². The summed E-state index contributed by atoms with van der Waals surface area (Å²) in [6.45, 7) is 1.62. The third-order valence-electron chi connectivity index (χ3n) is 2.07. The van der Waals surface area contributed by atoms with Crippen LogP contribution in [-0.4, -0.2) is 12.5 Å². The zero-order valence-corrected chi connectivity index (χ0v) is 7.76. The highest BCUT2D eigenvalue weighted by molar-refractivity contribution is 5.57. The lowest BCUT2D eigenvalue weighted by Gasteiger charge is -2.28. The normalized spacial score (nSPS) is 22.5. The molecule has 0 amide bonds. The number of anilines is 1. The molecule has 0 saturated carbocycles. The van der Waals surface area contributed by atoms with Crippen LogP contribution in [0.1, 0.15) is 5.56 Å². The highest BCUT2D eigenvalue weighted by Crippen LogP contribution is 2.42. The number of halogens is 3. The van der Waals surface area contributed by atoms with Crippen LogP contribution in [-0.2, 0) is 0 Å². The largest absolute Gasteiger partial charge is 0.468 e. The van der Waals surface area contributed by atoms with Crippen LogP contribution in [0.15, 0.2) is 12.1 Å². The smallest absolute Gasteiger partial charge is 0.447 e. The van der Waals surface area contributed by atoms with E-state index in [1.54, 1.807) is 6.92 Å². The summed E-state index contributed by atoms with van der Waals surface area (Å²) in [6.07, 6.45) is -6.78. The average Bonchev–Trinajstić information content (AvgIpc) is 2.11. The Labute approximate surface area is 83.6 Å². The van der Waals surface area contributed by atoms with Gasteiger partial charge in [-0.1, -0.05) is 0 Å². The number of rotatable bonds is 0. The van der Waals surface area contributed by atoms with E-state index >= 15 is 0 Å². The van der Waals surface area contributed by atoms with Gasteiger partial charge in [-0.15, -0.1) is 0 Å². The molecule has 1 aliphatic rings. The molecule has 0 radical (unpaired) electrons. The van der Waals surface area contributed by atoms with Gasteiger partial charge in [0.25, 0.3) is 0 Å². The fourth-order valence-corrected chi connectivity index (χ4v) is 1.22. The lowest BCUT2D eigenvalue weighted by molar-refractivity contribution is -0.281. The van der Waals surface area contributed by atoms with E-state index in [0.29, 0.717) is 11.3 Å². The molecule has 0 unspecified atom stereocenters. The Hall–Kier alpha value is -1.59. The lowest BCUT2D eigenvalue weighted by atomic mass is 10.2. The molecule has 15 heavy (non-hydrogen) atoms. The van der Waals surface area contributed by atoms with Crippen LogP contribution in [0, 0.1) is 6.92 Å². The topological polar surface area (TPSA) is 44.5 Å². The van der Waals surface area contributed by atoms with Crippen LogP contribution in [0.25, 0.3) is 0 Å². The first kappa shape index (κ1) is 9.95. The minimum absolute atomic E-state index is 0.114. The van der Waals surface area contributed by atoms with Crippen molar-refractivity contribution >= 4 is 5.69 Å². The average molecular weight is 219 g/mol. The van der Waals surface area contributed by atoms with Crippen molar-refractivity contribution in [3.63, 3.8) is 0 Å². The molecule has 2 N–H and O–H groups in total. The second kappa shape index (κ2) is 2.95. The summed E-state index contributed by atoms with van der Waals surface area (Å²) in [6, 6.07) is 2.54. The standard InChI is InChI=1S/C9H8F3NO2/c1-4-2-7-6(3-5(4)13)14-8(10)9(11,12)15-7/h2-3,8H,13H2,1H3/t8-/m0/s1. The summed E-state index contributed by atoms with van der Waals surface area (Å²) < 4.78 is 46.8. The van der Waals surface area contributed by atoms with Crippen LogP contribution in [0.4, 0.5) is 18.9 Å². The van der Waals surface area contributed by atoms with E-state index in [9.17, 15) is 13.2 Å². The monoisotopic (exact) mass is 219 g/mol. The van der Waals surface area contributed by atoms with Crippen molar-refractivity contribution in [3.05, 3.63) is 17.7 Å². The number of ether oxygens (including phenoxy) is 2. The predicted molar refractivity (Wildman–Crippen MR) is 46.7 cm³/mol. The number of nitrogens with two attached hydrogens (primary N) is 1. The van der Waals surface area contributed by atoms with Gasteiger partial charge in [-0.05, 0) is 18.6 Å². The maximum absolute atomic E-state index is 12.8. The van der Waals surface area contributed by atoms with Gasteiger partial charge in [-0.2, -0.15) is 13.2 Å². The van der Waals surface area contributed by atoms with E-state index in [4.69, 9.17) is 5.73 Å². The molecule has 3 nitrogen and oxygen atoms in total. The van der Waals surface area contributed by atoms with Gasteiger partial charge in [0.15, 0.2) is 11.5 Å². The fourth-order valence-electron chi connectivity index (χ4n) is 1.22. The van der Waals surface area contributed by atoms with E-state index < -0.39 is 12.5 Å². The maximum atomic E-state index is 12.8. The Kier molecular flexibility index (Phi) is 1.95. The fraction of sp³-hybridized carbons (Fsp3) is 0.333. The first-order valence-corrected chi connectivity index (χ1v) is 4.18. The molecule has 0 saturated heterocycles. The molecule has 0 aliphatic carbocycles. The second-order valence-electron chi connectivity index (χ2n) is 3.25. The summed E-state index contributed by atoms with van der Waals surface area (Å²) in [4.78, 5) is 0. The molecule has 2 rings (SSSR count). The Morgan fingerprint density at radius 2 is 2.00 bits per heavy atom. The number of benzene rings is 1. The van der Waals surface area contributed by atoms with Crippen molar-refractivity contribution in [1.82, 2.24) is 0 Å². The lowest BCUT2D eigenvalue weighted by Crippen LogP contribution is -2.43. The third-order valence-corrected chi connectivity index (χ3v) is 2.07. The molecule has 82 valence electrons. The molecule has 1 atom stereocenters. The molecular weight excluding hydrogens is 211 g/mol. The van der Waals surface area contributed by atoms with Crippen LogP contribution < -0.4 is 15.2 Å². The number of aryl methyl sites for hydroxylation is 1. The SMILES string of the molecule is Cc1cc2c(cc1N)O[C@H](F)C(F)(F)O2. The van der Waals surface area contributed by atoms with Gasteiger partial charge in [0.2, 0.25) is 0 Å². The highest BCUT2D eigenvalue weighted by Gasteiger charge is 2.49. The predicted octanol–water partition coefficient (Wildman–Crippen LogP) is 2.24. The second-order valence-corrected chi connectivity index (χ2v) is 3.25. The summed E-state index contributed by atoms with van der Waals surface area (Å²) in [5.74, 6) is -0.322. The molecule has 6 heteroatoms. The van der Waals surface area contributed by atoms with Gasteiger partial charge in [-0.25, -0.2) is 0 Å². The van der Waals surface area contributed by atoms with Crippen LogP contribution in [0.3, 0.4) is 0 Å². The van der Waals surface area contributed by atoms with Crippen molar-refractivity contribution in [2.24, 2.45) is 0 Å². The highest BCUT2D eigenvalue weighted by atomic mass is 19.3. The van der Waals surface area contributed by atoms with Crippen molar-refractivity contribution < 1.29 is 22.6 Å². The van der Waals surface area contributed by atoms with Gasteiger partial charge in [0.1, 0.15) is 0 Å².